The van der Waals surface area contributed by atoms with Crippen molar-refractivity contribution in [2.45, 2.75) is 20.0 Å². The Hall–Kier alpha value is -3.15. The van der Waals surface area contributed by atoms with Crippen LogP contribution >= 0.6 is 0 Å². The minimum atomic E-state index is -4.45. The van der Waals surface area contributed by atoms with Gasteiger partial charge in [0.25, 0.3) is 0 Å². The summed E-state index contributed by atoms with van der Waals surface area (Å²) in [5, 5.41) is 0.965. The maximum atomic E-state index is 13.7. The molecular formula is C22H19F3N3+. The van der Waals surface area contributed by atoms with Crippen molar-refractivity contribution in [1.82, 2.24) is 9.55 Å². The van der Waals surface area contributed by atoms with Gasteiger partial charge in [0.2, 0.25) is 11.2 Å². The first-order chi connectivity index (χ1) is 13.3. The second-order valence-corrected chi connectivity index (χ2v) is 6.92. The standard InChI is InChI=1S/C22H19F3N3/c1-14-8-9-16-6-4-5-7-19(16)28(14)20-11-17(22(23,24)25)10-18(15(20)2)21-12-26-13-27(21)3/h4-13H,1-3H3/q+1. The fourth-order valence-corrected chi connectivity index (χ4v) is 3.60. The molecule has 0 spiro atoms. The third-order valence-corrected chi connectivity index (χ3v) is 5.08. The van der Waals surface area contributed by atoms with E-state index < -0.39 is 11.7 Å². The molecule has 2 aromatic heterocycles. The minimum absolute atomic E-state index is 0.514. The SMILES string of the molecule is Cc1c(-c2cncn2C)cc(C(F)(F)F)cc1-[n+]1c(C)ccc2ccccc21. The fourth-order valence-electron chi connectivity index (χ4n) is 3.60. The zero-order valence-electron chi connectivity index (χ0n) is 15.7. The molecule has 6 heteroatoms. The first kappa shape index (κ1) is 18.2. The van der Waals surface area contributed by atoms with Gasteiger partial charge in [-0.1, -0.05) is 12.1 Å². The lowest BCUT2D eigenvalue weighted by molar-refractivity contribution is -0.575. The van der Waals surface area contributed by atoms with Crippen LogP contribution in [0.1, 0.15) is 16.8 Å². The summed E-state index contributed by atoms with van der Waals surface area (Å²) in [6, 6.07) is 14.0. The maximum Gasteiger partial charge on any atom is 0.416 e. The minimum Gasteiger partial charge on any atom is -0.334 e. The molecule has 28 heavy (non-hydrogen) atoms. The van der Waals surface area contributed by atoms with Gasteiger partial charge in [0.15, 0.2) is 5.69 Å². The number of hydrogen-bond acceptors (Lipinski definition) is 1. The zero-order valence-corrected chi connectivity index (χ0v) is 15.7. The molecule has 0 fully saturated rings. The third kappa shape index (κ3) is 2.95. The van der Waals surface area contributed by atoms with Crippen molar-refractivity contribution in [1.29, 1.82) is 0 Å². The van der Waals surface area contributed by atoms with Crippen LogP contribution in [0.3, 0.4) is 0 Å². The average Bonchev–Trinajstić information content (AvgIpc) is 3.07. The highest BCUT2D eigenvalue weighted by Crippen LogP contribution is 2.36. The Morgan fingerprint density at radius 3 is 2.43 bits per heavy atom. The van der Waals surface area contributed by atoms with Crippen molar-refractivity contribution < 1.29 is 17.7 Å². The van der Waals surface area contributed by atoms with Gasteiger partial charge in [-0.05, 0) is 25.1 Å². The number of rotatable bonds is 2. The Kier molecular flexibility index (Phi) is 4.22. The van der Waals surface area contributed by atoms with Crippen molar-refractivity contribution in [3.05, 3.63) is 77.9 Å². The number of benzene rings is 2. The predicted octanol–water partition coefficient (Wildman–Crippen LogP) is 5.15. The van der Waals surface area contributed by atoms with Gasteiger partial charge in [-0.25, -0.2) is 4.98 Å². The Labute approximate surface area is 160 Å². The summed E-state index contributed by atoms with van der Waals surface area (Å²) in [6.07, 6.45) is -1.27. The molecule has 0 aliphatic carbocycles. The summed E-state index contributed by atoms with van der Waals surface area (Å²) in [7, 11) is 1.78. The van der Waals surface area contributed by atoms with Gasteiger partial charge in [0.05, 0.1) is 23.8 Å². The lowest BCUT2D eigenvalue weighted by Gasteiger charge is -2.15. The molecular weight excluding hydrogens is 363 g/mol. The van der Waals surface area contributed by atoms with Gasteiger partial charge in [-0.2, -0.15) is 17.7 Å². The molecule has 2 heterocycles. The Morgan fingerprint density at radius 1 is 1.00 bits per heavy atom. The second-order valence-electron chi connectivity index (χ2n) is 6.92. The molecule has 142 valence electrons. The van der Waals surface area contributed by atoms with Crippen molar-refractivity contribution in [2.75, 3.05) is 0 Å². The van der Waals surface area contributed by atoms with E-state index >= 15 is 0 Å². The van der Waals surface area contributed by atoms with Crippen LogP contribution in [-0.2, 0) is 13.2 Å². The number of aromatic nitrogens is 3. The molecule has 0 radical (unpaired) electrons. The molecule has 0 N–H and O–H groups in total. The number of alkyl halides is 3. The highest BCUT2D eigenvalue weighted by Gasteiger charge is 2.34. The lowest BCUT2D eigenvalue weighted by atomic mass is 9.99. The number of aryl methyl sites for hydroxylation is 2. The van der Waals surface area contributed by atoms with Crippen LogP contribution in [0.15, 0.2) is 61.1 Å². The van der Waals surface area contributed by atoms with E-state index in [9.17, 15) is 13.2 Å². The van der Waals surface area contributed by atoms with Crippen LogP contribution in [0.2, 0.25) is 0 Å². The van der Waals surface area contributed by atoms with E-state index in [1.807, 2.05) is 54.8 Å². The Balaban J connectivity index is 2.11. The van der Waals surface area contributed by atoms with Crippen molar-refractivity contribution in [3.63, 3.8) is 0 Å². The topological polar surface area (TPSA) is 21.7 Å². The van der Waals surface area contributed by atoms with Crippen molar-refractivity contribution in [2.24, 2.45) is 7.05 Å². The van der Waals surface area contributed by atoms with Crippen LogP contribution in [0.25, 0.3) is 27.8 Å². The predicted molar refractivity (Wildman–Crippen MR) is 102 cm³/mol. The summed E-state index contributed by atoms with van der Waals surface area (Å²) in [6.45, 7) is 3.75. The molecule has 0 unspecified atom stereocenters. The molecule has 0 saturated heterocycles. The normalized spacial score (nSPS) is 11.9. The van der Waals surface area contributed by atoms with Gasteiger partial charge in [0.1, 0.15) is 0 Å². The van der Waals surface area contributed by atoms with Gasteiger partial charge in [-0.15, -0.1) is 0 Å². The summed E-state index contributed by atoms with van der Waals surface area (Å²) in [5.74, 6) is 0. The number of pyridine rings is 1. The Morgan fingerprint density at radius 2 is 1.75 bits per heavy atom. The number of fused-ring (bicyclic) bond motifs is 1. The molecule has 4 aromatic rings. The number of nitrogens with zero attached hydrogens (tertiary/aromatic N) is 3. The number of halogens is 3. The average molecular weight is 382 g/mol. The number of imidazole rings is 1. The molecule has 3 nitrogen and oxygen atoms in total. The van der Waals surface area contributed by atoms with E-state index in [1.165, 1.54) is 12.1 Å². The van der Waals surface area contributed by atoms with E-state index in [2.05, 4.69) is 4.98 Å². The Bertz CT molecular complexity index is 1190. The summed E-state index contributed by atoms with van der Waals surface area (Å²) in [4.78, 5) is 4.08. The first-order valence-electron chi connectivity index (χ1n) is 8.86. The molecule has 2 aromatic carbocycles. The van der Waals surface area contributed by atoms with E-state index in [-0.39, 0.29) is 0 Å². The van der Waals surface area contributed by atoms with E-state index in [4.69, 9.17) is 0 Å². The van der Waals surface area contributed by atoms with E-state index in [1.54, 1.807) is 24.1 Å². The highest BCUT2D eigenvalue weighted by atomic mass is 19.4. The van der Waals surface area contributed by atoms with Gasteiger partial charge in [0, 0.05) is 48.7 Å². The fraction of sp³-hybridized carbons (Fsp3) is 0.182. The summed E-state index contributed by atoms with van der Waals surface area (Å²) in [5.41, 5.74) is 3.48. The van der Waals surface area contributed by atoms with E-state index in [0.29, 0.717) is 16.9 Å². The van der Waals surface area contributed by atoms with Crippen molar-refractivity contribution >= 4 is 10.9 Å². The molecule has 0 amide bonds. The largest absolute Gasteiger partial charge is 0.416 e. The quantitative estimate of drug-likeness (QED) is 0.439. The number of hydrogen-bond donors (Lipinski definition) is 0. The van der Waals surface area contributed by atoms with Gasteiger partial charge in [-0.3, -0.25) is 0 Å². The van der Waals surface area contributed by atoms with Crippen LogP contribution in [0.4, 0.5) is 13.2 Å². The second kappa shape index (κ2) is 6.48. The number of para-hydroxylation sites is 1. The molecule has 0 atom stereocenters. The third-order valence-electron chi connectivity index (χ3n) is 5.08. The molecule has 0 bridgehead atoms. The lowest BCUT2D eigenvalue weighted by Crippen LogP contribution is -2.36. The zero-order chi connectivity index (χ0) is 20.1. The van der Waals surface area contributed by atoms with Crippen LogP contribution in [-0.4, -0.2) is 9.55 Å². The molecule has 0 aliphatic heterocycles. The van der Waals surface area contributed by atoms with Crippen LogP contribution in [0, 0.1) is 13.8 Å². The van der Waals surface area contributed by atoms with Gasteiger partial charge < -0.3 is 4.57 Å². The van der Waals surface area contributed by atoms with E-state index in [0.717, 1.165) is 22.2 Å². The molecule has 0 saturated carbocycles. The smallest absolute Gasteiger partial charge is 0.334 e. The molecule has 0 aliphatic rings. The van der Waals surface area contributed by atoms with Crippen molar-refractivity contribution in [3.8, 4) is 16.9 Å². The van der Waals surface area contributed by atoms with Crippen LogP contribution in [0.5, 0.6) is 0 Å². The van der Waals surface area contributed by atoms with Crippen LogP contribution < -0.4 is 4.57 Å². The maximum absolute atomic E-state index is 13.7. The summed E-state index contributed by atoms with van der Waals surface area (Å²) < 4.78 is 44.8. The summed E-state index contributed by atoms with van der Waals surface area (Å²) >= 11 is 0. The first-order valence-corrected chi connectivity index (χ1v) is 8.86. The van der Waals surface area contributed by atoms with Gasteiger partial charge >= 0.3 is 6.18 Å². The monoisotopic (exact) mass is 382 g/mol. The highest BCUT2D eigenvalue weighted by molar-refractivity contribution is 5.76. The molecule has 4 rings (SSSR count).